The van der Waals surface area contributed by atoms with Gasteiger partial charge in [0.1, 0.15) is 11.5 Å². The van der Waals surface area contributed by atoms with Gasteiger partial charge in [-0.05, 0) is 107 Å². The first-order valence-corrected chi connectivity index (χ1v) is 12.7. The molecule has 194 valence electrons. The van der Waals surface area contributed by atoms with Crippen molar-refractivity contribution in [1.82, 2.24) is 0 Å². The van der Waals surface area contributed by atoms with Crippen molar-refractivity contribution in [2.75, 3.05) is 10.6 Å². The van der Waals surface area contributed by atoms with Crippen molar-refractivity contribution < 1.29 is 19.1 Å². The third kappa shape index (κ3) is 5.21. The van der Waals surface area contributed by atoms with Crippen LogP contribution in [0.2, 0.25) is 0 Å². The average Bonchev–Trinajstić information content (AvgIpc) is 2.84. The van der Waals surface area contributed by atoms with Gasteiger partial charge in [0.05, 0.1) is 22.2 Å². The highest BCUT2D eigenvalue weighted by Gasteiger charge is 2.24. The molecule has 3 aromatic rings. The number of nitrogens with one attached hydrogen (secondary N) is 2. The molecule has 0 saturated carbocycles. The van der Waals surface area contributed by atoms with Gasteiger partial charge in [0.15, 0.2) is 0 Å². The molecule has 2 aliphatic heterocycles. The summed E-state index contributed by atoms with van der Waals surface area (Å²) in [5, 5.41) is 6.93. The number of fused-ring (bicyclic) bond motifs is 2. The van der Waals surface area contributed by atoms with Crippen molar-refractivity contribution in [3.8, 4) is 11.5 Å². The van der Waals surface area contributed by atoms with Crippen molar-refractivity contribution in [3.05, 3.63) is 95.1 Å². The van der Waals surface area contributed by atoms with Crippen LogP contribution >= 0.6 is 0 Å². The lowest BCUT2D eigenvalue weighted by Gasteiger charge is -2.31. The van der Waals surface area contributed by atoms with Gasteiger partial charge in [0.2, 0.25) is 0 Å². The summed E-state index contributed by atoms with van der Waals surface area (Å²) in [6.07, 6.45) is 4.29. The zero-order valence-electron chi connectivity index (χ0n) is 22.6. The predicted octanol–water partition coefficient (Wildman–Crippen LogP) is 7.34. The minimum Gasteiger partial charge on any atom is -0.423 e. The molecule has 0 saturated heterocycles. The van der Waals surface area contributed by atoms with E-state index in [1.807, 2.05) is 38.1 Å². The monoisotopic (exact) mass is 508 g/mol. The number of benzene rings is 3. The first kappa shape index (κ1) is 25.3. The highest BCUT2D eigenvalue weighted by molar-refractivity contribution is 5.97. The van der Waals surface area contributed by atoms with Gasteiger partial charge in [-0.3, -0.25) is 0 Å². The lowest BCUT2D eigenvalue weighted by molar-refractivity contribution is 0.0734. The molecule has 6 heteroatoms. The largest absolute Gasteiger partial charge is 0.423 e. The normalized spacial score (nSPS) is 16.5. The van der Waals surface area contributed by atoms with Crippen LogP contribution in [0.4, 0.5) is 11.4 Å². The lowest BCUT2D eigenvalue weighted by atomic mass is 9.91. The Labute approximate surface area is 223 Å². The summed E-state index contributed by atoms with van der Waals surface area (Å²) in [7, 11) is 0. The smallest absolute Gasteiger partial charge is 0.343 e. The molecular formula is C32H32N2O4. The van der Waals surface area contributed by atoms with Gasteiger partial charge in [0.25, 0.3) is 0 Å². The quantitative estimate of drug-likeness (QED) is 0.284. The Kier molecular flexibility index (Phi) is 6.14. The number of esters is 2. The highest BCUT2D eigenvalue weighted by atomic mass is 16.5. The van der Waals surface area contributed by atoms with Gasteiger partial charge < -0.3 is 20.1 Å². The Balaban J connectivity index is 1.30. The molecule has 0 unspecified atom stereocenters. The van der Waals surface area contributed by atoms with Crippen LogP contribution in [0.1, 0.15) is 73.4 Å². The van der Waals surface area contributed by atoms with Crippen LogP contribution in [0.3, 0.4) is 0 Å². The van der Waals surface area contributed by atoms with Gasteiger partial charge >= 0.3 is 11.9 Å². The van der Waals surface area contributed by atoms with Crippen molar-refractivity contribution in [3.63, 3.8) is 0 Å². The second kappa shape index (κ2) is 9.21. The van der Waals surface area contributed by atoms with E-state index in [9.17, 15) is 9.59 Å². The van der Waals surface area contributed by atoms with Crippen molar-refractivity contribution in [1.29, 1.82) is 0 Å². The van der Waals surface area contributed by atoms with Crippen molar-refractivity contribution >= 4 is 34.5 Å². The first-order valence-electron chi connectivity index (χ1n) is 12.7. The fourth-order valence-corrected chi connectivity index (χ4v) is 5.15. The minimum absolute atomic E-state index is 0.146. The standard InChI is InChI=1S/C32H32N2O4/c1-19-17-31(3,4)33-27-12-10-23(15-25(19)27)37-29(35)21-8-7-9-22(14-21)30(36)38-24-11-13-28-26(16-24)20(2)18-32(5,6)34-28/h7-18,33-34H,1-6H3. The Morgan fingerprint density at radius 3 is 1.47 bits per heavy atom. The molecule has 6 nitrogen and oxygen atoms in total. The molecule has 0 atom stereocenters. The summed E-state index contributed by atoms with van der Waals surface area (Å²) in [5.41, 5.74) is 6.41. The number of rotatable bonds is 4. The molecule has 0 bridgehead atoms. The van der Waals surface area contributed by atoms with Crippen LogP contribution in [0.5, 0.6) is 11.5 Å². The molecule has 2 aliphatic rings. The van der Waals surface area contributed by atoms with E-state index < -0.39 is 11.9 Å². The van der Waals surface area contributed by atoms with Gasteiger partial charge in [-0.1, -0.05) is 18.2 Å². The molecular weight excluding hydrogens is 476 g/mol. The number of allylic oxidation sites excluding steroid dienone is 2. The van der Waals surface area contributed by atoms with Crippen molar-refractivity contribution in [2.24, 2.45) is 0 Å². The molecule has 0 aromatic heterocycles. The Bertz CT molecular complexity index is 1420. The maximum Gasteiger partial charge on any atom is 0.343 e. The zero-order valence-corrected chi connectivity index (χ0v) is 22.6. The summed E-state index contributed by atoms with van der Waals surface area (Å²) < 4.78 is 11.3. The second-order valence-corrected chi connectivity index (χ2v) is 11.1. The van der Waals surface area contributed by atoms with E-state index >= 15 is 0 Å². The topological polar surface area (TPSA) is 76.7 Å². The summed E-state index contributed by atoms with van der Waals surface area (Å²) >= 11 is 0. The number of ether oxygens (including phenoxy) is 2. The summed E-state index contributed by atoms with van der Waals surface area (Å²) in [6, 6.07) is 17.4. The molecule has 2 N–H and O–H groups in total. The predicted molar refractivity (Wildman–Crippen MR) is 152 cm³/mol. The van der Waals surface area contributed by atoms with E-state index in [1.54, 1.807) is 30.3 Å². The fourth-order valence-electron chi connectivity index (χ4n) is 5.15. The van der Waals surface area contributed by atoms with Gasteiger partial charge in [-0.15, -0.1) is 0 Å². The van der Waals surface area contributed by atoms with Gasteiger partial charge in [-0.25, -0.2) is 9.59 Å². The van der Waals surface area contributed by atoms with Crippen LogP contribution in [0.15, 0.2) is 72.8 Å². The van der Waals surface area contributed by atoms with E-state index in [-0.39, 0.29) is 22.2 Å². The number of carbonyl (C=O) groups excluding carboxylic acids is 2. The summed E-state index contributed by atoms with van der Waals surface area (Å²) in [5.74, 6) is -0.224. The number of anilines is 2. The maximum absolute atomic E-state index is 12.9. The Morgan fingerprint density at radius 2 is 1.05 bits per heavy atom. The molecule has 0 aliphatic carbocycles. The minimum atomic E-state index is -0.548. The second-order valence-electron chi connectivity index (χ2n) is 11.1. The number of hydrogen-bond acceptors (Lipinski definition) is 6. The Morgan fingerprint density at radius 1 is 0.632 bits per heavy atom. The van der Waals surface area contributed by atoms with E-state index in [2.05, 4.69) is 50.5 Å². The molecule has 0 spiro atoms. The SMILES string of the molecule is CC1=CC(C)(C)Nc2ccc(OC(=O)c3cccc(C(=O)Oc4ccc5c(c4)C(C)=CC(C)(C)N5)c3)cc21. The molecule has 3 aromatic carbocycles. The van der Waals surface area contributed by atoms with Crippen LogP contribution in [0, 0.1) is 0 Å². The van der Waals surface area contributed by atoms with E-state index in [4.69, 9.17) is 9.47 Å². The molecule has 0 radical (unpaired) electrons. The average molecular weight is 509 g/mol. The van der Waals surface area contributed by atoms with Crippen LogP contribution in [0.25, 0.3) is 11.1 Å². The number of carbonyl (C=O) groups is 2. The maximum atomic E-state index is 12.9. The van der Waals surface area contributed by atoms with Crippen LogP contribution in [-0.4, -0.2) is 23.0 Å². The molecule has 2 heterocycles. The lowest BCUT2D eigenvalue weighted by Crippen LogP contribution is -2.31. The van der Waals surface area contributed by atoms with E-state index in [0.717, 1.165) is 33.6 Å². The molecule has 5 rings (SSSR count). The fraction of sp³-hybridized carbons (Fsp3) is 0.250. The van der Waals surface area contributed by atoms with Crippen LogP contribution in [-0.2, 0) is 0 Å². The van der Waals surface area contributed by atoms with E-state index in [1.165, 1.54) is 6.07 Å². The van der Waals surface area contributed by atoms with Gasteiger partial charge in [0, 0.05) is 22.5 Å². The molecule has 0 fully saturated rings. The highest BCUT2D eigenvalue weighted by Crippen LogP contribution is 2.37. The first-order chi connectivity index (χ1) is 17.9. The van der Waals surface area contributed by atoms with Gasteiger partial charge in [-0.2, -0.15) is 0 Å². The van der Waals surface area contributed by atoms with Crippen molar-refractivity contribution in [2.45, 2.75) is 52.6 Å². The molecule has 0 amide bonds. The number of hydrogen-bond donors (Lipinski definition) is 2. The Hall–Kier alpha value is -4.32. The van der Waals surface area contributed by atoms with E-state index in [0.29, 0.717) is 11.5 Å². The third-order valence-corrected chi connectivity index (χ3v) is 6.66. The summed E-state index contributed by atoms with van der Waals surface area (Å²) in [4.78, 5) is 25.9. The summed E-state index contributed by atoms with van der Waals surface area (Å²) in [6.45, 7) is 12.5. The zero-order chi connectivity index (χ0) is 27.2. The third-order valence-electron chi connectivity index (χ3n) is 6.66. The molecule has 38 heavy (non-hydrogen) atoms. The van der Waals surface area contributed by atoms with Crippen LogP contribution < -0.4 is 20.1 Å².